The second-order valence-corrected chi connectivity index (χ2v) is 5.06. The Kier molecular flexibility index (Phi) is 4.44. The van der Waals surface area contributed by atoms with E-state index in [1.807, 2.05) is 6.07 Å². The predicted octanol–water partition coefficient (Wildman–Crippen LogP) is 3.35. The lowest BCUT2D eigenvalue weighted by atomic mass is 10.2. The van der Waals surface area contributed by atoms with Crippen molar-refractivity contribution in [2.24, 2.45) is 4.99 Å². The summed E-state index contributed by atoms with van der Waals surface area (Å²) in [5.41, 5.74) is 1.45. The summed E-state index contributed by atoms with van der Waals surface area (Å²) in [5, 5.41) is 18.9. The summed E-state index contributed by atoms with van der Waals surface area (Å²) < 4.78 is 19.8. The van der Waals surface area contributed by atoms with E-state index in [0.29, 0.717) is 22.8 Å². The number of aromatic hydroxyl groups is 1. The molecule has 6 nitrogen and oxygen atoms in total. The number of phenols is 1. The summed E-state index contributed by atoms with van der Waals surface area (Å²) in [5.74, 6) is 0.303. The van der Waals surface area contributed by atoms with Crippen molar-refractivity contribution in [3.8, 4) is 23.3 Å². The van der Waals surface area contributed by atoms with Gasteiger partial charge in [0.05, 0.1) is 7.11 Å². The van der Waals surface area contributed by atoms with Crippen molar-refractivity contribution in [1.29, 1.82) is 5.26 Å². The van der Waals surface area contributed by atoms with Gasteiger partial charge in [0.25, 0.3) is 0 Å². The number of imidazole rings is 1. The molecule has 1 N–H and O–H groups in total. The molecular formula is C18H13FN4O2. The highest BCUT2D eigenvalue weighted by molar-refractivity contribution is 5.83. The van der Waals surface area contributed by atoms with E-state index in [9.17, 15) is 14.8 Å². The minimum atomic E-state index is -0.356. The van der Waals surface area contributed by atoms with Gasteiger partial charge in [0, 0.05) is 11.9 Å². The van der Waals surface area contributed by atoms with Gasteiger partial charge in [-0.05, 0) is 48.0 Å². The molecule has 0 radical (unpaired) electrons. The third-order valence-corrected chi connectivity index (χ3v) is 3.49. The van der Waals surface area contributed by atoms with Crippen LogP contribution in [0.3, 0.4) is 0 Å². The minimum absolute atomic E-state index is 0.0220. The fourth-order valence-electron chi connectivity index (χ4n) is 2.25. The number of benzene rings is 2. The highest BCUT2D eigenvalue weighted by Crippen LogP contribution is 2.27. The van der Waals surface area contributed by atoms with Crippen LogP contribution in [0, 0.1) is 17.1 Å². The van der Waals surface area contributed by atoms with Gasteiger partial charge in [0.1, 0.15) is 18.2 Å². The number of rotatable bonds is 4. The van der Waals surface area contributed by atoms with Gasteiger partial charge in [0.2, 0.25) is 0 Å². The molecule has 0 aliphatic rings. The van der Waals surface area contributed by atoms with Crippen molar-refractivity contribution in [3.05, 3.63) is 65.9 Å². The van der Waals surface area contributed by atoms with Crippen LogP contribution in [-0.2, 0) is 0 Å². The molecule has 0 atom stereocenters. The molecule has 7 heteroatoms. The molecule has 3 rings (SSSR count). The van der Waals surface area contributed by atoms with Crippen LogP contribution >= 0.6 is 0 Å². The van der Waals surface area contributed by atoms with Crippen molar-refractivity contribution < 1.29 is 14.2 Å². The molecule has 0 unspecified atom stereocenters. The Labute approximate surface area is 143 Å². The fourth-order valence-corrected chi connectivity index (χ4v) is 2.25. The van der Waals surface area contributed by atoms with Gasteiger partial charge >= 0.3 is 0 Å². The lowest BCUT2D eigenvalue weighted by Gasteiger charge is -2.05. The van der Waals surface area contributed by atoms with E-state index in [-0.39, 0.29) is 17.3 Å². The summed E-state index contributed by atoms with van der Waals surface area (Å²) >= 11 is 0. The molecule has 0 aliphatic heterocycles. The molecular weight excluding hydrogens is 323 g/mol. The van der Waals surface area contributed by atoms with Crippen molar-refractivity contribution in [1.82, 2.24) is 9.55 Å². The molecule has 0 saturated carbocycles. The SMILES string of the molecule is COc1cc(/C=N/c2c(C#N)ncn2-c2ccc(F)cc2)ccc1O. The number of hydrogen-bond acceptors (Lipinski definition) is 5. The van der Waals surface area contributed by atoms with E-state index in [2.05, 4.69) is 9.98 Å². The predicted molar refractivity (Wildman–Crippen MR) is 90.1 cm³/mol. The van der Waals surface area contributed by atoms with Crippen LogP contribution < -0.4 is 4.74 Å². The lowest BCUT2D eigenvalue weighted by molar-refractivity contribution is 0.373. The Morgan fingerprint density at radius 3 is 2.72 bits per heavy atom. The molecule has 1 aromatic heterocycles. The smallest absolute Gasteiger partial charge is 0.185 e. The zero-order chi connectivity index (χ0) is 17.8. The molecule has 0 amide bonds. The molecule has 0 spiro atoms. The van der Waals surface area contributed by atoms with Gasteiger partial charge in [0.15, 0.2) is 23.0 Å². The van der Waals surface area contributed by atoms with Crippen LogP contribution in [0.5, 0.6) is 11.5 Å². The number of ether oxygens (including phenoxy) is 1. The van der Waals surface area contributed by atoms with Gasteiger partial charge in [-0.15, -0.1) is 0 Å². The Balaban J connectivity index is 2.01. The maximum atomic E-state index is 13.1. The Morgan fingerprint density at radius 2 is 2.04 bits per heavy atom. The van der Waals surface area contributed by atoms with Gasteiger partial charge in [-0.25, -0.2) is 14.4 Å². The largest absolute Gasteiger partial charge is 0.504 e. The first-order chi connectivity index (χ1) is 12.1. The van der Waals surface area contributed by atoms with E-state index in [1.165, 1.54) is 37.9 Å². The van der Waals surface area contributed by atoms with E-state index in [0.717, 1.165) is 0 Å². The molecule has 0 saturated heterocycles. The van der Waals surface area contributed by atoms with E-state index < -0.39 is 0 Å². The van der Waals surface area contributed by atoms with E-state index in [1.54, 1.807) is 28.8 Å². The van der Waals surface area contributed by atoms with Crippen LogP contribution in [-0.4, -0.2) is 28.0 Å². The molecule has 1 heterocycles. The topological polar surface area (TPSA) is 83.4 Å². The van der Waals surface area contributed by atoms with Crippen molar-refractivity contribution >= 4 is 12.0 Å². The molecule has 0 bridgehead atoms. The first-order valence-corrected chi connectivity index (χ1v) is 7.27. The molecule has 124 valence electrons. The summed E-state index contributed by atoms with van der Waals surface area (Å²) in [6.45, 7) is 0. The third-order valence-electron chi connectivity index (χ3n) is 3.49. The van der Waals surface area contributed by atoms with Gasteiger partial charge in [-0.2, -0.15) is 5.26 Å². The molecule has 2 aromatic carbocycles. The monoisotopic (exact) mass is 336 g/mol. The minimum Gasteiger partial charge on any atom is -0.504 e. The summed E-state index contributed by atoms with van der Waals surface area (Å²) in [6.07, 6.45) is 2.98. The van der Waals surface area contributed by atoms with Gasteiger partial charge in [-0.1, -0.05) is 0 Å². The highest BCUT2D eigenvalue weighted by Gasteiger charge is 2.11. The Bertz CT molecular complexity index is 972. The molecule has 25 heavy (non-hydrogen) atoms. The van der Waals surface area contributed by atoms with Crippen LogP contribution in [0.1, 0.15) is 11.3 Å². The normalized spacial score (nSPS) is 10.8. The Morgan fingerprint density at radius 1 is 1.28 bits per heavy atom. The number of hydrogen-bond donors (Lipinski definition) is 1. The molecule has 3 aromatic rings. The van der Waals surface area contributed by atoms with Gasteiger partial charge in [-0.3, -0.25) is 4.57 Å². The van der Waals surface area contributed by atoms with Gasteiger partial charge < -0.3 is 9.84 Å². The van der Waals surface area contributed by atoms with Crippen LogP contribution in [0.4, 0.5) is 10.2 Å². The number of methoxy groups -OCH3 is 1. The number of aromatic nitrogens is 2. The van der Waals surface area contributed by atoms with Crippen LogP contribution in [0.25, 0.3) is 5.69 Å². The van der Waals surface area contributed by atoms with Crippen molar-refractivity contribution in [2.75, 3.05) is 7.11 Å². The fraction of sp³-hybridized carbons (Fsp3) is 0.0556. The summed E-state index contributed by atoms with van der Waals surface area (Å²) in [7, 11) is 1.45. The quantitative estimate of drug-likeness (QED) is 0.741. The zero-order valence-electron chi connectivity index (χ0n) is 13.2. The third kappa shape index (κ3) is 3.33. The Hall–Kier alpha value is -3.66. The lowest BCUT2D eigenvalue weighted by Crippen LogP contribution is -1.93. The maximum absolute atomic E-state index is 13.1. The zero-order valence-corrected chi connectivity index (χ0v) is 13.2. The molecule has 0 aliphatic carbocycles. The first-order valence-electron chi connectivity index (χ1n) is 7.27. The second-order valence-electron chi connectivity index (χ2n) is 5.06. The second kappa shape index (κ2) is 6.84. The van der Waals surface area contributed by atoms with Crippen molar-refractivity contribution in [2.45, 2.75) is 0 Å². The number of phenolic OH excluding ortho intramolecular Hbond substituents is 1. The number of nitrogens with zero attached hydrogens (tertiary/aromatic N) is 4. The summed E-state index contributed by atoms with van der Waals surface area (Å²) in [4.78, 5) is 8.36. The van der Waals surface area contributed by atoms with E-state index in [4.69, 9.17) is 4.74 Å². The first kappa shape index (κ1) is 16.2. The average molecular weight is 336 g/mol. The number of halogens is 1. The average Bonchev–Trinajstić information content (AvgIpc) is 3.04. The number of aliphatic imine (C=N–C) groups is 1. The van der Waals surface area contributed by atoms with Crippen molar-refractivity contribution in [3.63, 3.8) is 0 Å². The standard InChI is InChI=1S/C18H13FN4O2/c1-25-17-8-12(2-7-16(17)24)10-21-18-15(9-20)22-11-23(18)14-5-3-13(19)4-6-14/h2-8,10-11,24H,1H3/b21-10+. The van der Waals surface area contributed by atoms with Crippen LogP contribution in [0.2, 0.25) is 0 Å². The maximum Gasteiger partial charge on any atom is 0.185 e. The van der Waals surface area contributed by atoms with Crippen LogP contribution in [0.15, 0.2) is 53.8 Å². The highest BCUT2D eigenvalue weighted by atomic mass is 19.1. The van der Waals surface area contributed by atoms with E-state index >= 15 is 0 Å². The summed E-state index contributed by atoms with van der Waals surface area (Å²) in [6, 6.07) is 12.5. The molecule has 0 fully saturated rings. The number of nitriles is 1.